The van der Waals surface area contributed by atoms with Gasteiger partial charge in [0.25, 0.3) is 0 Å². The molecule has 4 heteroatoms. The van der Waals surface area contributed by atoms with Gasteiger partial charge in [-0.1, -0.05) is 30.3 Å². The fraction of sp³-hybridized carbons (Fsp3) is 0.462. The van der Waals surface area contributed by atoms with Gasteiger partial charge in [0, 0.05) is 11.8 Å². The summed E-state index contributed by atoms with van der Waals surface area (Å²) in [4.78, 5) is 14.4. The molecular weight excluding hydrogens is 232 g/mol. The smallest absolute Gasteiger partial charge is 0.245 e. The van der Waals surface area contributed by atoms with Crippen molar-refractivity contribution in [1.29, 1.82) is 0 Å². The minimum Gasteiger partial charge on any atom is -0.324 e. The van der Waals surface area contributed by atoms with Crippen molar-refractivity contribution < 1.29 is 4.79 Å². The van der Waals surface area contributed by atoms with E-state index in [2.05, 4.69) is 5.32 Å². The Balaban J connectivity index is 1.76. The molecule has 2 fully saturated rings. The van der Waals surface area contributed by atoms with Crippen molar-refractivity contribution in [2.75, 3.05) is 18.2 Å². The number of hydrogen-bond acceptors (Lipinski definition) is 3. The molecule has 2 heterocycles. The minimum absolute atomic E-state index is 0.137. The number of hydrogen-bond donors (Lipinski definition) is 1. The quantitative estimate of drug-likeness (QED) is 0.863. The predicted molar refractivity (Wildman–Crippen MR) is 69.8 cm³/mol. The number of rotatable bonds is 2. The van der Waals surface area contributed by atoms with E-state index in [9.17, 15) is 4.79 Å². The summed E-state index contributed by atoms with van der Waals surface area (Å²) >= 11 is 1.95. The molecule has 3 nitrogen and oxygen atoms in total. The Kier molecular flexibility index (Phi) is 3.07. The Morgan fingerprint density at radius 1 is 1.29 bits per heavy atom. The van der Waals surface area contributed by atoms with Gasteiger partial charge in [0.15, 0.2) is 0 Å². The molecule has 0 spiro atoms. The van der Waals surface area contributed by atoms with E-state index < -0.39 is 0 Å². The van der Waals surface area contributed by atoms with Crippen LogP contribution < -0.4 is 5.32 Å². The van der Waals surface area contributed by atoms with E-state index in [0.717, 1.165) is 17.7 Å². The van der Waals surface area contributed by atoms with E-state index in [0.29, 0.717) is 12.7 Å². The molecule has 2 aliphatic heterocycles. The highest BCUT2D eigenvalue weighted by atomic mass is 32.2. The number of amides is 1. The molecule has 1 aromatic carbocycles. The fourth-order valence-corrected chi connectivity index (χ4v) is 3.73. The molecular formula is C13H16N2OS. The number of nitrogens with zero attached hydrogens (tertiary/aromatic N) is 1. The van der Waals surface area contributed by atoms with Gasteiger partial charge < -0.3 is 4.90 Å². The molecule has 1 aromatic rings. The molecule has 0 radical (unpaired) electrons. The molecule has 1 amide bonds. The molecule has 1 N–H and O–H groups in total. The van der Waals surface area contributed by atoms with Crippen LogP contribution in [0.25, 0.3) is 0 Å². The van der Waals surface area contributed by atoms with Crippen molar-refractivity contribution in [3.05, 3.63) is 35.9 Å². The van der Waals surface area contributed by atoms with Crippen molar-refractivity contribution >= 4 is 17.7 Å². The molecule has 0 saturated carbocycles. The van der Waals surface area contributed by atoms with Crippen LogP contribution in [-0.2, 0) is 4.79 Å². The number of carbonyl (C=O) groups is 1. The highest BCUT2D eigenvalue weighted by molar-refractivity contribution is 7.99. The zero-order chi connectivity index (χ0) is 11.7. The zero-order valence-corrected chi connectivity index (χ0v) is 10.5. The van der Waals surface area contributed by atoms with Crippen LogP contribution in [0.1, 0.15) is 18.0 Å². The van der Waals surface area contributed by atoms with E-state index in [-0.39, 0.29) is 11.9 Å². The molecule has 17 heavy (non-hydrogen) atoms. The summed E-state index contributed by atoms with van der Waals surface area (Å²) in [6.07, 6.45) is 1.14. The predicted octanol–water partition coefficient (Wildman–Crippen LogP) is 1.62. The molecule has 0 aliphatic carbocycles. The van der Waals surface area contributed by atoms with E-state index in [1.165, 1.54) is 5.75 Å². The molecule has 2 unspecified atom stereocenters. The van der Waals surface area contributed by atoms with Gasteiger partial charge in [0.1, 0.15) is 6.04 Å². The third-order valence-corrected chi connectivity index (χ3v) is 4.62. The number of carbonyl (C=O) groups excluding carboxylic acids is 1. The van der Waals surface area contributed by atoms with Crippen molar-refractivity contribution in [1.82, 2.24) is 10.2 Å². The first-order valence-corrected chi connectivity index (χ1v) is 7.18. The highest BCUT2D eigenvalue weighted by Crippen LogP contribution is 2.28. The first-order valence-electron chi connectivity index (χ1n) is 6.03. The van der Waals surface area contributed by atoms with Gasteiger partial charge >= 0.3 is 0 Å². The first kappa shape index (κ1) is 11.1. The summed E-state index contributed by atoms with van der Waals surface area (Å²) in [5.41, 5.74) is 1.07. The lowest BCUT2D eigenvalue weighted by atomic mass is 10.1. The van der Waals surface area contributed by atoms with Gasteiger partial charge in [-0.05, 0) is 17.7 Å². The average Bonchev–Trinajstić information content (AvgIpc) is 2.99. The normalized spacial score (nSPS) is 28.9. The topological polar surface area (TPSA) is 32.3 Å². The van der Waals surface area contributed by atoms with Crippen LogP contribution in [0.5, 0.6) is 0 Å². The molecule has 0 bridgehead atoms. The van der Waals surface area contributed by atoms with Crippen LogP contribution in [0, 0.1) is 0 Å². The Bertz CT molecular complexity index is 403. The van der Waals surface area contributed by atoms with E-state index >= 15 is 0 Å². The second-order valence-corrected chi connectivity index (χ2v) is 5.68. The van der Waals surface area contributed by atoms with Gasteiger partial charge in [-0.15, -0.1) is 0 Å². The molecule has 2 saturated heterocycles. The molecule has 2 atom stereocenters. The summed E-state index contributed by atoms with van der Waals surface area (Å²) < 4.78 is 0. The van der Waals surface area contributed by atoms with Crippen molar-refractivity contribution in [3.8, 4) is 0 Å². The Hall–Kier alpha value is -1.00. The van der Waals surface area contributed by atoms with Crippen LogP contribution in [0.15, 0.2) is 30.3 Å². The summed E-state index contributed by atoms with van der Waals surface area (Å²) in [7, 11) is 0. The van der Waals surface area contributed by atoms with Crippen molar-refractivity contribution in [2.24, 2.45) is 0 Å². The maximum Gasteiger partial charge on any atom is 0.245 e. The largest absolute Gasteiger partial charge is 0.324 e. The third kappa shape index (κ3) is 2.07. The number of benzene rings is 1. The Morgan fingerprint density at radius 3 is 2.82 bits per heavy atom. The monoisotopic (exact) mass is 248 g/mol. The van der Waals surface area contributed by atoms with Crippen molar-refractivity contribution in [3.63, 3.8) is 0 Å². The maximum atomic E-state index is 12.3. The lowest BCUT2D eigenvalue weighted by Crippen LogP contribution is -2.37. The summed E-state index contributed by atoms with van der Waals surface area (Å²) in [6.45, 7) is 0.698. The summed E-state index contributed by atoms with van der Waals surface area (Å²) in [5, 5.41) is 3.32. The SMILES string of the molecule is O=C1C(c2ccccc2)NCN1C1CCSC1. The van der Waals surface area contributed by atoms with E-state index in [1.807, 2.05) is 47.0 Å². The standard InChI is InChI=1S/C13H16N2OS/c16-13-12(10-4-2-1-3-5-10)14-9-15(13)11-6-7-17-8-11/h1-5,11-12,14H,6-9H2. The second-order valence-electron chi connectivity index (χ2n) is 4.53. The van der Waals surface area contributed by atoms with Gasteiger partial charge in [-0.3, -0.25) is 10.1 Å². The Morgan fingerprint density at radius 2 is 2.12 bits per heavy atom. The average molecular weight is 248 g/mol. The van der Waals surface area contributed by atoms with Gasteiger partial charge in [-0.2, -0.15) is 11.8 Å². The second kappa shape index (κ2) is 4.70. The van der Waals surface area contributed by atoms with E-state index in [1.54, 1.807) is 0 Å². The van der Waals surface area contributed by atoms with Crippen LogP contribution in [0.2, 0.25) is 0 Å². The van der Waals surface area contributed by atoms with Crippen molar-refractivity contribution in [2.45, 2.75) is 18.5 Å². The first-order chi connectivity index (χ1) is 8.36. The number of thioether (sulfide) groups is 1. The van der Waals surface area contributed by atoms with Gasteiger partial charge in [0.05, 0.1) is 6.67 Å². The molecule has 2 aliphatic rings. The van der Waals surface area contributed by atoms with Crippen LogP contribution >= 0.6 is 11.8 Å². The fourth-order valence-electron chi connectivity index (χ4n) is 2.50. The van der Waals surface area contributed by atoms with Gasteiger partial charge in [-0.25, -0.2) is 0 Å². The minimum atomic E-state index is -0.137. The van der Waals surface area contributed by atoms with Crippen LogP contribution in [0.3, 0.4) is 0 Å². The van der Waals surface area contributed by atoms with E-state index in [4.69, 9.17) is 0 Å². The molecule has 3 rings (SSSR count). The lowest BCUT2D eigenvalue weighted by Gasteiger charge is -2.22. The van der Waals surface area contributed by atoms with Gasteiger partial charge in [0.2, 0.25) is 5.91 Å². The lowest BCUT2D eigenvalue weighted by molar-refractivity contribution is -0.130. The van der Waals surface area contributed by atoms with Crippen LogP contribution in [-0.4, -0.2) is 35.0 Å². The third-order valence-electron chi connectivity index (χ3n) is 3.48. The van der Waals surface area contributed by atoms with Crippen LogP contribution in [0.4, 0.5) is 0 Å². The highest BCUT2D eigenvalue weighted by Gasteiger charge is 2.37. The summed E-state index contributed by atoms with van der Waals surface area (Å²) in [5.74, 6) is 2.52. The maximum absolute atomic E-state index is 12.3. The molecule has 0 aromatic heterocycles. The molecule has 90 valence electrons. The Labute approximate surface area is 106 Å². The zero-order valence-electron chi connectivity index (χ0n) is 9.63. The summed E-state index contributed by atoms with van der Waals surface area (Å²) in [6, 6.07) is 10.3. The number of nitrogens with one attached hydrogen (secondary N) is 1.